The highest BCUT2D eigenvalue weighted by atomic mass is 79.9. The van der Waals surface area contributed by atoms with Crippen LogP contribution in [0.25, 0.3) is 0 Å². The number of ether oxygens (including phenoxy) is 1. The van der Waals surface area contributed by atoms with Crippen LogP contribution in [-0.4, -0.2) is 26.0 Å². The van der Waals surface area contributed by atoms with E-state index in [0.29, 0.717) is 0 Å². The van der Waals surface area contributed by atoms with E-state index in [1.165, 1.54) is 27.1 Å². The summed E-state index contributed by atoms with van der Waals surface area (Å²) in [5.41, 5.74) is 1.30. The predicted octanol–water partition coefficient (Wildman–Crippen LogP) is 3.69. The third-order valence-corrected chi connectivity index (χ3v) is 4.47. The highest BCUT2D eigenvalue weighted by Gasteiger charge is 2.01. The molecule has 0 saturated carbocycles. The van der Waals surface area contributed by atoms with E-state index in [2.05, 4.69) is 46.4 Å². The van der Waals surface area contributed by atoms with Crippen molar-refractivity contribution in [2.24, 2.45) is 0 Å². The Morgan fingerprint density at radius 1 is 1.41 bits per heavy atom. The lowest BCUT2D eigenvalue weighted by Crippen LogP contribution is -2.18. The first-order chi connectivity index (χ1) is 8.27. The predicted molar refractivity (Wildman–Crippen MR) is 78.7 cm³/mol. The number of nitrogens with one attached hydrogen (secondary N) is 1. The molecule has 17 heavy (non-hydrogen) atoms. The van der Waals surface area contributed by atoms with E-state index in [9.17, 15) is 0 Å². The van der Waals surface area contributed by atoms with Crippen molar-refractivity contribution in [3.63, 3.8) is 0 Å². The molecule has 1 rings (SSSR count). The van der Waals surface area contributed by atoms with Crippen molar-refractivity contribution in [3.8, 4) is 0 Å². The number of hydrogen-bond acceptors (Lipinski definition) is 3. The Morgan fingerprint density at radius 3 is 2.88 bits per heavy atom. The van der Waals surface area contributed by atoms with Gasteiger partial charge in [-0.1, -0.05) is 13.0 Å². The molecular formula is C13H20BrNOS. The van der Waals surface area contributed by atoms with Crippen LogP contribution >= 0.6 is 27.7 Å². The van der Waals surface area contributed by atoms with Crippen LogP contribution in [0.4, 0.5) is 0 Å². The number of methoxy groups -OCH3 is 1. The molecule has 0 spiro atoms. The van der Waals surface area contributed by atoms with Gasteiger partial charge in [-0.05, 0) is 45.8 Å². The summed E-state index contributed by atoms with van der Waals surface area (Å²) in [6, 6.07) is 6.57. The van der Waals surface area contributed by atoms with Crippen molar-refractivity contribution in [1.82, 2.24) is 5.32 Å². The topological polar surface area (TPSA) is 21.3 Å². The summed E-state index contributed by atoms with van der Waals surface area (Å²) in [6.07, 6.45) is 1.21. The lowest BCUT2D eigenvalue weighted by molar-refractivity contribution is 0.199. The number of halogens is 1. The van der Waals surface area contributed by atoms with Crippen LogP contribution in [0.2, 0.25) is 0 Å². The normalized spacial score (nSPS) is 10.8. The second-order valence-electron chi connectivity index (χ2n) is 3.78. The van der Waals surface area contributed by atoms with Crippen molar-refractivity contribution in [1.29, 1.82) is 0 Å². The van der Waals surface area contributed by atoms with E-state index in [4.69, 9.17) is 4.74 Å². The zero-order chi connectivity index (χ0) is 12.5. The van der Waals surface area contributed by atoms with Gasteiger partial charge in [-0.15, -0.1) is 11.8 Å². The van der Waals surface area contributed by atoms with Gasteiger partial charge in [-0.2, -0.15) is 0 Å². The maximum absolute atomic E-state index is 4.99. The minimum Gasteiger partial charge on any atom is -0.383 e. The van der Waals surface area contributed by atoms with Crippen LogP contribution in [0.5, 0.6) is 0 Å². The molecule has 96 valence electrons. The Hall–Kier alpha value is -0.0300. The summed E-state index contributed by atoms with van der Waals surface area (Å²) < 4.78 is 6.19. The standard InChI is InChI=1S/C13H20BrNOS/c1-3-8-17-13-5-4-11(9-12(13)14)10-15-6-7-16-2/h4-5,9,15H,3,6-8,10H2,1-2H3. The van der Waals surface area contributed by atoms with Gasteiger partial charge < -0.3 is 10.1 Å². The maximum atomic E-state index is 4.99. The second-order valence-corrected chi connectivity index (χ2v) is 5.77. The maximum Gasteiger partial charge on any atom is 0.0587 e. The number of rotatable bonds is 8. The highest BCUT2D eigenvalue weighted by molar-refractivity contribution is 9.10. The Kier molecular flexibility index (Phi) is 7.93. The van der Waals surface area contributed by atoms with E-state index < -0.39 is 0 Å². The third kappa shape index (κ3) is 5.91. The van der Waals surface area contributed by atoms with Gasteiger partial charge in [-0.3, -0.25) is 0 Å². The molecule has 0 heterocycles. The van der Waals surface area contributed by atoms with E-state index in [1.54, 1.807) is 7.11 Å². The minimum atomic E-state index is 0.756. The fraction of sp³-hybridized carbons (Fsp3) is 0.538. The first-order valence-corrected chi connectivity index (χ1v) is 7.66. The quantitative estimate of drug-likeness (QED) is 0.583. The first kappa shape index (κ1) is 15.0. The van der Waals surface area contributed by atoms with Crippen LogP contribution in [0, 0.1) is 0 Å². The van der Waals surface area contributed by atoms with E-state index in [-0.39, 0.29) is 0 Å². The van der Waals surface area contributed by atoms with Crippen molar-refractivity contribution < 1.29 is 4.74 Å². The van der Waals surface area contributed by atoms with Gasteiger partial charge in [0.1, 0.15) is 0 Å². The van der Waals surface area contributed by atoms with E-state index in [0.717, 1.165) is 19.7 Å². The Bertz CT molecular complexity index is 333. The Morgan fingerprint density at radius 2 is 2.24 bits per heavy atom. The summed E-state index contributed by atoms with van der Waals surface area (Å²) in [5.74, 6) is 1.17. The lowest BCUT2D eigenvalue weighted by atomic mass is 10.2. The second kappa shape index (κ2) is 8.97. The molecule has 1 aromatic rings. The van der Waals surface area contributed by atoms with Crippen LogP contribution < -0.4 is 5.32 Å². The van der Waals surface area contributed by atoms with Gasteiger partial charge in [0.05, 0.1) is 6.61 Å². The molecular weight excluding hydrogens is 298 g/mol. The van der Waals surface area contributed by atoms with Gasteiger partial charge in [0.2, 0.25) is 0 Å². The average molecular weight is 318 g/mol. The molecule has 0 aliphatic carbocycles. The number of benzene rings is 1. The van der Waals surface area contributed by atoms with Gasteiger partial charge >= 0.3 is 0 Å². The van der Waals surface area contributed by atoms with Gasteiger partial charge in [0.25, 0.3) is 0 Å². The van der Waals surface area contributed by atoms with Crippen LogP contribution in [0.15, 0.2) is 27.6 Å². The summed E-state index contributed by atoms with van der Waals surface area (Å²) in [5, 5.41) is 3.34. The number of hydrogen-bond donors (Lipinski definition) is 1. The summed E-state index contributed by atoms with van der Waals surface area (Å²) in [6.45, 7) is 4.74. The van der Waals surface area contributed by atoms with Crippen molar-refractivity contribution in [3.05, 3.63) is 28.2 Å². The zero-order valence-corrected chi connectivity index (χ0v) is 12.9. The molecule has 0 radical (unpaired) electrons. The molecule has 4 heteroatoms. The molecule has 0 aliphatic rings. The van der Waals surface area contributed by atoms with Gasteiger partial charge in [0, 0.05) is 29.6 Å². The molecule has 0 saturated heterocycles. The smallest absolute Gasteiger partial charge is 0.0587 e. The summed E-state index contributed by atoms with van der Waals surface area (Å²) >= 11 is 5.53. The molecule has 0 amide bonds. The lowest BCUT2D eigenvalue weighted by Gasteiger charge is -2.08. The molecule has 0 aromatic heterocycles. The molecule has 1 aromatic carbocycles. The first-order valence-electron chi connectivity index (χ1n) is 5.88. The summed E-state index contributed by atoms with van der Waals surface area (Å²) in [7, 11) is 1.72. The average Bonchev–Trinajstić information content (AvgIpc) is 2.34. The summed E-state index contributed by atoms with van der Waals surface area (Å²) in [4.78, 5) is 1.33. The molecule has 2 nitrogen and oxygen atoms in total. The van der Waals surface area contributed by atoms with E-state index in [1.807, 2.05) is 11.8 Å². The minimum absolute atomic E-state index is 0.756. The zero-order valence-electron chi connectivity index (χ0n) is 10.5. The van der Waals surface area contributed by atoms with Crippen LogP contribution in [0.3, 0.4) is 0 Å². The Labute approximate surface area is 117 Å². The van der Waals surface area contributed by atoms with Crippen molar-refractivity contribution in [2.75, 3.05) is 26.0 Å². The largest absolute Gasteiger partial charge is 0.383 e. The Balaban J connectivity index is 2.44. The van der Waals surface area contributed by atoms with Gasteiger partial charge in [0.15, 0.2) is 0 Å². The van der Waals surface area contributed by atoms with Crippen LogP contribution in [-0.2, 0) is 11.3 Å². The molecule has 0 fully saturated rings. The SMILES string of the molecule is CCCSc1ccc(CNCCOC)cc1Br. The van der Waals surface area contributed by atoms with Crippen molar-refractivity contribution in [2.45, 2.75) is 24.8 Å². The van der Waals surface area contributed by atoms with Gasteiger partial charge in [-0.25, -0.2) is 0 Å². The molecule has 0 bridgehead atoms. The third-order valence-electron chi connectivity index (χ3n) is 2.27. The van der Waals surface area contributed by atoms with Crippen LogP contribution in [0.1, 0.15) is 18.9 Å². The fourth-order valence-corrected chi connectivity index (χ4v) is 2.95. The van der Waals surface area contributed by atoms with E-state index >= 15 is 0 Å². The molecule has 1 N–H and O–H groups in total. The highest BCUT2D eigenvalue weighted by Crippen LogP contribution is 2.28. The number of thioether (sulfide) groups is 1. The molecule has 0 unspecified atom stereocenters. The monoisotopic (exact) mass is 317 g/mol. The molecule has 0 atom stereocenters. The van der Waals surface area contributed by atoms with Crippen molar-refractivity contribution >= 4 is 27.7 Å². The molecule has 0 aliphatic heterocycles. The fourth-order valence-electron chi connectivity index (χ4n) is 1.39.